The molecule has 0 aromatic heterocycles. The maximum atomic E-state index is 11.2. The van der Waals surface area contributed by atoms with Crippen molar-refractivity contribution in [2.45, 2.75) is 45.1 Å². The van der Waals surface area contributed by atoms with Crippen LogP contribution in [0.5, 0.6) is 0 Å². The number of rotatable bonds is 8. The molecule has 0 aliphatic carbocycles. The van der Waals surface area contributed by atoms with Crippen molar-refractivity contribution >= 4 is 11.9 Å². The van der Waals surface area contributed by atoms with Crippen molar-refractivity contribution in [2.24, 2.45) is 5.73 Å². The van der Waals surface area contributed by atoms with Gasteiger partial charge in [-0.15, -0.1) is 0 Å². The zero-order valence-electron chi connectivity index (χ0n) is 10.0. The van der Waals surface area contributed by atoms with Gasteiger partial charge in [0.1, 0.15) is 6.04 Å². The minimum Gasteiger partial charge on any atom is -0.550 e. The molecule has 2 N–H and O–H groups in total. The molecule has 0 rings (SSSR count). The summed E-state index contributed by atoms with van der Waals surface area (Å²) in [4.78, 5) is 21.3. The number of esters is 1. The summed E-state index contributed by atoms with van der Waals surface area (Å²) >= 11 is 0. The Hall–Kier alpha value is 0.536. The van der Waals surface area contributed by atoms with E-state index in [1.165, 1.54) is 0 Å². The maximum absolute atomic E-state index is 11.2. The van der Waals surface area contributed by atoms with Crippen molar-refractivity contribution in [1.29, 1.82) is 0 Å². The third-order valence-corrected chi connectivity index (χ3v) is 1.95. The van der Waals surface area contributed by atoms with Gasteiger partial charge < -0.3 is 20.4 Å². The summed E-state index contributed by atoms with van der Waals surface area (Å²) in [5.74, 6) is -1.74. The second kappa shape index (κ2) is 12.0. The van der Waals surface area contributed by atoms with Crippen molar-refractivity contribution in [2.75, 3.05) is 6.61 Å². The van der Waals surface area contributed by atoms with E-state index in [1.54, 1.807) is 0 Å². The minimum absolute atomic E-state index is 0. The van der Waals surface area contributed by atoms with Crippen LogP contribution in [-0.4, -0.2) is 24.6 Å². The number of nitrogens with two attached hydrogens (primary N) is 1. The van der Waals surface area contributed by atoms with E-state index in [9.17, 15) is 14.7 Å². The minimum atomic E-state index is -1.20. The van der Waals surface area contributed by atoms with Crippen LogP contribution in [0.25, 0.3) is 0 Å². The summed E-state index contributed by atoms with van der Waals surface area (Å²) in [5, 5.41) is 10.1. The van der Waals surface area contributed by atoms with E-state index < -0.39 is 18.0 Å². The number of aliphatic carboxylic acids is 1. The van der Waals surface area contributed by atoms with Gasteiger partial charge in [-0.05, 0) is 19.3 Å². The van der Waals surface area contributed by atoms with Crippen LogP contribution >= 0.6 is 0 Å². The fourth-order valence-corrected chi connectivity index (χ4v) is 1.02. The number of carboxylic acids is 1. The second-order valence-corrected chi connectivity index (χ2v) is 3.39. The summed E-state index contributed by atoms with van der Waals surface area (Å²) in [6.45, 7) is 2.40. The third-order valence-electron chi connectivity index (χ3n) is 1.95. The van der Waals surface area contributed by atoms with Crippen LogP contribution in [0.15, 0.2) is 0 Å². The van der Waals surface area contributed by atoms with Crippen LogP contribution < -0.4 is 62.2 Å². The summed E-state index contributed by atoms with van der Waals surface area (Å²) in [5.41, 5.74) is 5.41. The molecule has 0 fully saturated rings. The fraction of sp³-hybridized carbons (Fsp3) is 0.800. The van der Waals surface area contributed by atoms with Gasteiger partial charge in [0.2, 0.25) is 0 Å². The summed E-state index contributed by atoms with van der Waals surface area (Å²) in [7, 11) is 0. The predicted molar refractivity (Wildman–Crippen MR) is 52.7 cm³/mol. The average molecular weight is 255 g/mol. The molecular formula is C10H18KNO4. The van der Waals surface area contributed by atoms with Gasteiger partial charge in [0, 0.05) is 5.97 Å². The first-order valence-corrected chi connectivity index (χ1v) is 5.20. The SMILES string of the molecule is CCCCCOC(=O)C(N)CCC(=O)[O-].[K+]. The quantitative estimate of drug-likeness (QED) is 0.277. The number of unbranched alkanes of at least 4 members (excludes halogenated alkanes) is 2. The number of ether oxygens (including phenoxy) is 1. The Labute approximate surface area is 139 Å². The van der Waals surface area contributed by atoms with Crippen LogP contribution in [0.3, 0.4) is 0 Å². The first kappa shape index (κ1) is 18.9. The molecule has 1 atom stereocenters. The molecule has 88 valence electrons. The molecule has 1 unspecified atom stereocenters. The Morgan fingerprint density at radius 1 is 1.38 bits per heavy atom. The van der Waals surface area contributed by atoms with Crippen LogP contribution in [0.2, 0.25) is 0 Å². The van der Waals surface area contributed by atoms with E-state index in [4.69, 9.17) is 10.5 Å². The summed E-state index contributed by atoms with van der Waals surface area (Å²) < 4.78 is 4.86. The van der Waals surface area contributed by atoms with Gasteiger partial charge >= 0.3 is 57.4 Å². The molecule has 5 nitrogen and oxygen atoms in total. The molecular weight excluding hydrogens is 237 g/mol. The molecule has 0 amide bonds. The van der Waals surface area contributed by atoms with E-state index >= 15 is 0 Å². The Balaban J connectivity index is 0. The van der Waals surface area contributed by atoms with Gasteiger partial charge in [0.15, 0.2) is 0 Å². The van der Waals surface area contributed by atoms with Crippen molar-refractivity contribution in [3.05, 3.63) is 0 Å². The predicted octanol–water partition coefficient (Wildman–Crippen LogP) is -3.42. The molecule has 0 saturated carbocycles. The van der Waals surface area contributed by atoms with E-state index in [-0.39, 0.29) is 64.2 Å². The van der Waals surface area contributed by atoms with Gasteiger partial charge in [-0.1, -0.05) is 19.8 Å². The van der Waals surface area contributed by atoms with Crippen molar-refractivity contribution in [1.82, 2.24) is 0 Å². The standard InChI is InChI=1S/C10H19NO4.K/c1-2-3-4-7-15-10(14)8(11)5-6-9(12)13;/h8H,2-7,11H2,1H3,(H,12,13);/q;+1/p-1. The first-order valence-electron chi connectivity index (χ1n) is 5.20. The molecule has 0 heterocycles. The number of hydrogen-bond donors (Lipinski definition) is 1. The molecule has 16 heavy (non-hydrogen) atoms. The van der Waals surface area contributed by atoms with E-state index in [1.807, 2.05) is 6.92 Å². The zero-order valence-corrected chi connectivity index (χ0v) is 13.2. The van der Waals surface area contributed by atoms with Gasteiger partial charge in [0.05, 0.1) is 6.61 Å². The van der Waals surface area contributed by atoms with Gasteiger partial charge in [-0.3, -0.25) is 4.79 Å². The molecule has 0 spiro atoms. The number of carbonyl (C=O) groups is 2. The van der Waals surface area contributed by atoms with Gasteiger partial charge in [-0.25, -0.2) is 0 Å². The topological polar surface area (TPSA) is 92.5 Å². The summed E-state index contributed by atoms with van der Waals surface area (Å²) in [6, 6.07) is -0.857. The van der Waals surface area contributed by atoms with E-state index in [0.29, 0.717) is 6.61 Å². The molecule has 0 aromatic carbocycles. The number of hydrogen-bond acceptors (Lipinski definition) is 5. The van der Waals surface area contributed by atoms with E-state index in [2.05, 4.69) is 0 Å². The van der Waals surface area contributed by atoms with E-state index in [0.717, 1.165) is 19.3 Å². The molecule has 0 saturated heterocycles. The molecule has 0 aliphatic heterocycles. The van der Waals surface area contributed by atoms with Crippen LogP contribution in [0, 0.1) is 0 Å². The fourth-order valence-electron chi connectivity index (χ4n) is 1.02. The molecule has 0 bridgehead atoms. The Morgan fingerprint density at radius 3 is 2.50 bits per heavy atom. The van der Waals surface area contributed by atoms with Gasteiger partial charge in [0.25, 0.3) is 0 Å². The second-order valence-electron chi connectivity index (χ2n) is 3.39. The molecule has 0 aliphatic rings. The molecule has 0 radical (unpaired) electrons. The molecule has 6 heteroatoms. The Kier molecular flexibility index (Phi) is 14.2. The van der Waals surface area contributed by atoms with Crippen molar-refractivity contribution in [3.63, 3.8) is 0 Å². The van der Waals surface area contributed by atoms with Gasteiger partial charge in [-0.2, -0.15) is 0 Å². The maximum Gasteiger partial charge on any atom is 1.00 e. The smallest absolute Gasteiger partial charge is 0.550 e. The van der Waals surface area contributed by atoms with Crippen molar-refractivity contribution < 1.29 is 70.8 Å². The first-order chi connectivity index (χ1) is 7.07. The van der Waals surface area contributed by atoms with Crippen LogP contribution in [0.1, 0.15) is 39.0 Å². The number of carboxylic acid groups (broad SMARTS) is 1. The average Bonchev–Trinajstić information content (AvgIpc) is 2.20. The largest absolute Gasteiger partial charge is 1.00 e. The third kappa shape index (κ3) is 11.0. The zero-order chi connectivity index (χ0) is 11.7. The number of carbonyl (C=O) groups excluding carboxylic acids is 2. The Morgan fingerprint density at radius 2 is 2.00 bits per heavy atom. The van der Waals surface area contributed by atoms with Crippen LogP contribution in [0.4, 0.5) is 0 Å². The van der Waals surface area contributed by atoms with Crippen LogP contribution in [-0.2, 0) is 14.3 Å². The summed E-state index contributed by atoms with van der Waals surface area (Å²) in [6.07, 6.45) is 2.71. The monoisotopic (exact) mass is 255 g/mol. The Bertz CT molecular complexity index is 211. The van der Waals surface area contributed by atoms with Crippen molar-refractivity contribution in [3.8, 4) is 0 Å². The normalized spacial score (nSPS) is 11.4. The molecule has 0 aromatic rings.